The van der Waals surface area contributed by atoms with Crippen molar-refractivity contribution in [3.05, 3.63) is 35.6 Å². The number of halogens is 1. The number of aryl methyl sites for hydroxylation is 1. The molecule has 3 nitrogen and oxygen atoms in total. The van der Waals surface area contributed by atoms with Crippen molar-refractivity contribution in [3.63, 3.8) is 0 Å². The highest BCUT2D eigenvalue weighted by Gasteiger charge is 1.97. The number of ether oxygens (including phenoxy) is 1. The Morgan fingerprint density at radius 1 is 1.50 bits per heavy atom. The maximum Gasteiger partial charge on any atom is 0.282 e. The number of nitrogens with two attached hydrogens (primary N) is 1. The van der Waals surface area contributed by atoms with Crippen LogP contribution in [0, 0.1) is 12.7 Å². The summed E-state index contributed by atoms with van der Waals surface area (Å²) in [5, 5.41) is 0. The second kappa shape index (κ2) is 5.21. The summed E-state index contributed by atoms with van der Waals surface area (Å²) in [6.45, 7) is 3.25. The van der Waals surface area contributed by atoms with E-state index in [4.69, 9.17) is 5.73 Å². The third kappa shape index (κ3) is 3.89. The van der Waals surface area contributed by atoms with Gasteiger partial charge in [-0.2, -0.15) is 0 Å². The summed E-state index contributed by atoms with van der Waals surface area (Å²) >= 11 is 0. The molecule has 2 N–H and O–H groups in total. The Labute approximate surface area is 82.4 Å². The quantitative estimate of drug-likeness (QED) is 0.683. The average Bonchev–Trinajstić information content (AvgIpc) is 2.56. The van der Waals surface area contributed by atoms with Gasteiger partial charge in [0.15, 0.2) is 0 Å². The van der Waals surface area contributed by atoms with Gasteiger partial charge in [0.05, 0.1) is 6.54 Å². The van der Waals surface area contributed by atoms with Crippen LogP contribution in [0.1, 0.15) is 5.56 Å². The molecular weight excluding hydrogens is 183 g/mol. The lowest BCUT2D eigenvalue weighted by Gasteiger charge is -1.87. The second-order valence-corrected chi connectivity index (χ2v) is 2.87. The van der Waals surface area contributed by atoms with Crippen molar-refractivity contribution in [2.75, 3.05) is 13.2 Å². The molecule has 0 aromatic heterocycles. The highest BCUT2D eigenvalue weighted by Crippen LogP contribution is 1.99. The first kappa shape index (κ1) is 10.5. The minimum absolute atomic E-state index is 0.162. The fourth-order valence-electron chi connectivity index (χ4n) is 0.957. The zero-order valence-electron chi connectivity index (χ0n) is 8.03. The maximum absolute atomic E-state index is 12.2. The molecule has 1 heterocycles. The molecule has 2 rings (SSSR count). The van der Waals surface area contributed by atoms with E-state index >= 15 is 0 Å². The molecule has 0 atom stereocenters. The summed E-state index contributed by atoms with van der Waals surface area (Å²) in [5.74, 6) is -0.162. The molecule has 0 saturated carbocycles. The summed E-state index contributed by atoms with van der Waals surface area (Å²) in [5.41, 5.74) is 6.03. The van der Waals surface area contributed by atoms with Gasteiger partial charge in [-0.3, -0.25) is 0 Å². The molecule has 4 heteroatoms. The lowest BCUT2D eigenvalue weighted by atomic mass is 10.2. The topological polar surface area (TPSA) is 47.6 Å². The van der Waals surface area contributed by atoms with Gasteiger partial charge in [0.2, 0.25) is 0 Å². The summed E-state index contributed by atoms with van der Waals surface area (Å²) in [7, 11) is 0. The number of aliphatic imine (C=N–C) groups is 1. The number of nitrogens with zero attached hydrogens (tertiary/aromatic N) is 1. The van der Waals surface area contributed by atoms with Crippen LogP contribution in [0.4, 0.5) is 4.39 Å². The van der Waals surface area contributed by atoms with Gasteiger partial charge >= 0.3 is 0 Å². The molecule has 1 aliphatic heterocycles. The van der Waals surface area contributed by atoms with Gasteiger partial charge in [-0.05, 0) is 24.6 Å². The van der Waals surface area contributed by atoms with E-state index in [0.717, 1.165) is 12.1 Å². The molecule has 1 aliphatic rings. The molecule has 0 amide bonds. The van der Waals surface area contributed by atoms with Crippen molar-refractivity contribution >= 4 is 6.02 Å². The van der Waals surface area contributed by atoms with Crippen LogP contribution in [0.5, 0.6) is 0 Å². The van der Waals surface area contributed by atoms with Crippen molar-refractivity contribution in [1.82, 2.24) is 0 Å². The minimum atomic E-state index is -0.162. The van der Waals surface area contributed by atoms with E-state index in [1.54, 1.807) is 6.07 Å². The second-order valence-electron chi connectivity index (χ2n) is 2.87. The van der Waals surface area contributed by atoms with E-state index in [0.29, 0.717) is 12.6 Å². The highest BCUT2D eigenvalue weighted by atomic mass is 19.1. The zero-order valence-corrected chi connectivity index (χ0v) is 8.03. The molecule has 0 saturated heterocycles. The van der Waals surface area contributed by atoms with Crippen LogP contribution in [0.2, 0.25) is 0 Å². The molecule has 1 aromatic rings. The molecule has 0 aliphatic carbocycles. The summed E-state index contributed by atoms with van der Waals surface area (Å²) in [6, 6.07) is 6.83. The Bertz CT molecular complexity index is 308. The Morgan fingerprint density at radius 3 is 2.57 bits per heavy atom. The molecule has 0 radical (unpaired) electrons. The van der Waals surface area contributed by atoms with E-state index in [9.17, 15) is 4.39 Å². The van der Waals surface area contributed by atoms with Crippen LogP contribution < -0.4 is 5.73 Å². The third-order valence-electron chi connectivity index (χ3n) is 1.59. The molecular formula is C10H13FN2O. The molecule has 0 fully saturated rings. The summed E-state index contributed by atoms with van der Waals surface area (Å²) < 4.78 is 16.8. The number of benzene rings is 1. The van der Waals surface area contributed by atoms with Crippen molar-refractivity contribution in [3.8, 4) is 0 Å². The van der Waals surface area contributed by atoms with Gasteiger partial charge in [-0.25, -0.2) is 9.38 Å². The van der Waals surface area contributed by atoms with Gasteiger partial charge in [0.1, 0.15) is 12.4 Å². The summed E-state index contributed by atoms with van der Waals surface area (Å²) in [4.78, 5) is 3.71. The number of rotatable bonds is 0. The zero-order chi connectivity index (χ0) is 10.4. The van der Waals surface area contributed by atoms with Crippen LogP contribution in [-0.2, 0) is 4.74 Å². The fraction of sp³-hybridized carbons (Fsp3) is 0.300. The van der Waals surface area contributed by atoms with Crippen molar-refractivity contribution < 1.29 is 9.13 Å². The molecule has 76 valence electrons. The predicted molar refractivity (Wildman–Crippen MR) is 53.6 cm³/mol. The largest absolute Gasteiger partial charge is 0.463 e. The van der Waals surface area contributed by atoms with E-state index in [1.165, 1.54) is 12.1 Å². The Morgan fingerprint density at radius 2 is 2.29 bits per heavy atom. The molecule has 14 heavy (non-hydrogen) atoms. The fourth-order valence-corrected chi connectivity index (χ4v) is 0.957. The minimum Gasteiger partial charge on any atom is -0.463 e. The Balaban J connectivity index is 0.000000146. The van der Waals surface area contributed by atoms with Gasteiger partial charge in [-0.15, -0.1) is 0 Å². The number of amidine groups is 1. The van der Waals surface area contributed by atoms with Gasteiger partial charge in [-0.1, -0.05) is 12.1 Å². The van der Waals surface area contributed by atoms with Crippen molar-refractivity contribution in [1.29, 1.82) is 0 Å². The van der Waals surface area contributed by atoms with E-state index in [-0.39, 0.29) is 5.82 Å². The van der Waals surface area contributed by atoms with E-state index in [1.807, 2.05) is 13.0 Å². The van der Waals surface area contributed by atoms with Gasteiger partial charge in [0, 0.05) is 0 Å². The van der Waals surface area contributed by atoms with Crippen LogP contribution in [0.25, 0.3) is 0 Å². The maximum atomic E-state index is 12.2. The van der Waals surface area contributed by atoms with Crippen LogP contribution in [0.15, 0.2) is 29.3 Å². The summed E-state index contributed by atoms with van der Waals surface area (Å²) in [6.07, 6.45) is 0. The monoisotopic (exact) mass is 196 g/mol. The molecule has 0 spiro atoms. The van der Waals surface area contributed by atoms with Gasteiger partial charge < -0.3 is 10.5 Å². The van der Waals surface area contributed by atoms with Gasteiger partial charge in [0.25, 0.3) is 6.02 Å². The highest BCUT2D eigenvalue weighted by molar-refractivity contribution is 5.72. The smallest absolute Gasteiger partial charge is 0.282 e. The average molecular weight is 196 g/mol. The molecule has 0 unspecified atom stereocenters. The van der Waals surface area contributed by atoms with E-state index in [2.05, 4.69) is 9.73 Å². The molecule has 0 bridgehead atoms. The van der Waals surface area contributed by atoms with Crippen molar-refractivity contribution in [2.45, 2.75) is 6.92 Å². The lowest BCUT2D eigenvalue weighted by Crippen LogP contribution is -2.10. The SMILES string of the molecule is Cc1cccc(F)c1.NC1=NCCO1. The van der Waals surface area contributed by atoms with Crippen LogP contribution in [-0.4, -0.2) is 19.2 Å². The van der Waals surface area contributed by atoms with E-state index < -0.39 is 0 Å². The Hall–Kier alpha value is -1.58. The first-order valence-electron chi connectivity index (χ1n) is 4.33. The number of hydrogen-bond acceptors (Lipinski definition) is 3. The first-order valence-corrected chi connectivity index (χ1v) is 4.33. The predicted octanol–water partition coefficient (Wildman–Crippen LogP) is 1.47. The van der Waals surface area contributed by atoms with Crippen LogP contribution in [0.3, 0.4) is 0 Å². The normalized spacial score (nSPS) is 13.7. The van der Waals surface area contributed by atoms with Crippen LogP contribution >= 0.6 is 0 Å². The molecule has 1 aromatic carbocycles. The van der Waals surface area contributed by atoms with Crippen molar-refractivity contribution in [2.24, 2.45) is 10.7 Å². The Kier molecular flexibility index (Phi) is 3.91. The third-order valence-corrected chi connectivity index (χ3v) is 1.59. The lowest BCUT2D eigenvalue weighted by molar-refractivity contribution is 0.342. The first-order chi connectivity index (χ1) is 6.68. The standard InChI is InChI=1S/C7H7F.C3H6N2O/c1-6-3-2-4-7(8)5-6;4-3-5-1-2-6-3/h2-5H,1H3;1-2H2,(H2,4,5). The number of hydrogen-bond donors (Lipinski definition) is 1.